The van der Waals surface area contributed by atoms with E-state index in [1.165, 1.54) is 13.2 Å². The normalized spacial score (nSPS) is 15.0. The van der Waals surface area contributed by atoms with Crippen LogP contribution >= 0.6 is 27.5 Å². The van der Waals surface area contributed by atoms with E-state index in [4.69, 9.17) is 16.3 Å². The van der Waals surface area contributed by atoms with Crippen molar-refractivity contribution >= 4 is 57.1 Å². The number of nitrogens with zero attached hydrogens (tertiary/aromatic N) is 1. The first kappa shape index (κ1) is 23.7. The molecule has 4 amide bonds. The van der Waals surface area contributed by atoms with E-state index < -0.39 is 17.8 Å². The molecule has 0 atom stereocenters. The van der Waals surface area contributed by atoms with E-state index in [-0.39, 0.29) is 5.57 Å². The highest BCUT2D eigenvalue weighted by atomic mass is 79.9. The number of ether oxygens (including phenoxy) is 1. The van der Waals surface area contributed by atoms with Gasteiger partial charge in [0.05, 0.1) is 12.8 Å². The molecule has 34 heavy (non-hydrogen) atoms. The van der Waals surface area contributed by atoms with Gasteiger partial charge in [-0.05, 0) is 60.0 Å². The molecule has 0 bridgehead atoms. The minimum absolute atomic E-state index is 0.183. The lowest BCUT2D eigenvalue weighted by Crippen LogP contribution is -2.54. The molecule has 8 heteroatoms. The second-order valence-corrected chi connectivity index (χ2v) is 9.01. The van der Waals surface area contributed by atoms with Gasteiger partial charge in [-0.1, -0.05) is 57.9 Å². The zero-order valence-electron chi connectivity index (χ0n) is 18.4. The van der Waals surface area contributed by atoms with E-state index in [9.17, 15) is 14.4 Å². The number of hydrogen-bond donors (Lipinski definition) is 1. The van der Waals surface area contributed by atoms with Gasteiger partial charge < -0.3 is 4.74 Å². The van der Waals surface area contributed by atoms with Crippen molar-refractivity contribution in [2.75, 3.05) is 12.0 Å². The highest BCUT2D eigenvalue weighted by Gasteiger charge is 2.36. The molecule has 0 saturated carbocycles. The minimum Gasteiger partial charge on any atom is -0.496 e. The fraction of sp³-hybridized carbons (Fsp3) is 0.115. The first-order valence-corrected chi connectivity index (χ1v) is 11.5. The maximum Gasteiger partial charge on any atom is 0.335 e. The number of amides is 4. The number of benzene rings is 3. The molecule has 1 N–H and O–H groups in total. The Morgan fingerprint density at radius 2 is 1.82 bits per heavy atom. The Morgan fingerprint density at radius 3 is 2.53 bits per heavy atom. The number of nitrogens with one attached hydrogen (secondary N) is 1. The summed E-state index contributed by atoms with van der Waals surface area (Å²) in [6, 6.07) is 17.3. The summed E-state index contributed by atoms with van der Waals surface area (Å²) in [5.74, 6) is -0.969. The molecule has 0 aliphatic carbocycles. The molecule has 172 valence electrons. The lowest BCUT2D eigenvalue weighted by atomic mass is 10.0. The number of carbonyl (C=O) groups excluding carboxylic acids is 3. The van der Waals surface area contributed by atoms with E-state index in [1.54, 1.807) is 30.3 Å². The second kappa shape index (κ2) is 9.83. The number of carbonyl (C=O) groups is 3. The first-order chi connectivity index (χ1) is 16.3. The van der Waals surface area contributed by atoms with Crippen molar-refractivity contribution in [3.8, 4) is 5.75 Å². The van der Waals surface area contributed by atoms with E-state index in [1.807, 2.05) is 37.3 Å². The van der Waals surface area contributed by atoms with Crippen LogP contribution in [0.1, 0.15) is 22.3 Å². The Morgan fingerprint density at radius 1 is 1.06 bits per heavy atom. The predicted octanol–water partition coefficient (Wildman–Crippen LogP) is 5.68. The average molecular weight is 540 g/mol. The number of urea groups is 1. The van der Waals surface area contributed by atoms with Gasteiger partial charge in [-0.3, -0.25) is 14.9 Å². The topological polar surface area (TPSA) is 75.7 Å². The number of halogens is 2. The van der Waals surface area contributed by atoms with Crippen molar-refractivity contribution in [3.05, 3.63) is 98.0 Å². The SMILES string of the molecule is COc1cc(/C=C2\C(=O)NC(=O)N(c3cccc(C)c3)C2=O)cc(Cl)c1Cc1ccccc1Br. The molecule has 0 unspecified atom stereocenters. The van der Waals surface area contributed by atoms with Crippen LogP contribution in [0.25, 0.3) is 6.08 Å². The van der Waals surface area contributed by atoms with Gasteiger partial charge in [-0.25, -0.2) is 9.69 Å². The Bertz CT molecular complexity index is 1350. The van der Waals surface area contributed by atoms with Gasteiger partial charge >= 0.3 is 6.03 Å². The molecule has 1 fully saturated rings. The van der Waals surface area contributed by atoms with E-state index in [0.29, 0.717) is 28.4 Å². The number of methoxy groups -OCH3 is 1. The fourth-order valence-electron chi connectivity index (χ4n) is 3.73. The summed E-state index contributed by atoms with van der Waals surface area (Å²) in [5.41, 5.74) is 3.36. The summed E-state index contributed by atoms with van der Waals surface area (Å²) < 4.78 is 6.51. The van der Waals surface area contributed by atoms with Crippen LogP contribution in [0, 0.1) is 6.92 Å². The quantitative estimate of drug-likeness (QED) is 0.335. The van der Waals surface area contributed by atoms with Crippen molar-refractivity contribution in [2.24, 2.45) is 0 Å². The Kier molecular flexibility index (Phi) is 6.86. The molecule has 0 spiro atoms. The largest absolute Gasteiger partial charge is 0.496 e. The Balaban J connectivity index is 1.72. The third-order valence-corrected chi connectivity index (χ3v) is 6.51. The van der Waals surface area contributed by atoms with Gasteiger partial charge in [0.2, 0.25) is 0 Å². The van der Waals surface area contributed by atoms with Gasteiger partial charge in [0, 0.05) is 21.5 Å². The summed E-state index contributed by atoms with van der Waals surface area (Å²) in [5, 5.41) is 2.66. The molecular formula is C26H20BrClN2O4. The molecule has 4 rings (SSSR count). The fourth-order valence-corrected chi connectivity index (χ4v) is 4.44. The number of aryl methyl sites for hydroxylation is 1. The van der Waals surface area contributed by atoms with Crippen molar-refractivity contribution in [2.45, 2.75) is 13.3 Å². The smallest absolute Gasteiger partial charge is 0.335 e. The van der Waals surface area contributed by atoms with Crippen LogP contribution in [0.2, 0.25) is 5.02 Å². The zero-order chi connectivity index (χ0) is 24.4. The summed E-state index contributed by atoms with van der Waals surface area (Å²) in [4.78, 5) is 39.1. The van der Waals surface area contributed by atoms with E-state index in [2.05, 4.69) is 21.2 Å². The predicted molar refractivity (Wildman–Crippen MR) is 135 cm³/mol. The van der Waals surface area contributed by atoms with Crippen LogP contribution in [0.4, 0.5) is 10.5 Å². The monoisotopic (exact) mass is 538 g/mol. The van der Waals surface area contributed by atoms with Gasteiger partial charge in [0.1, 0.15) is 11.3 Å². The maximum absolute atomic E-state index is 13.2. The molecule has 1 aliphatic heterocycles. The van der Waals surface area contributed by atoms with Crippen molar-refractivity contribution in [3.63, 3.8) is 0 Å². The zero-order valence-corrected chi connectivity index (χ0v) is 20.7. The van der Waals surface area contributed by atoms with E-state index >= 15 is 0 Å². The van der Waals surface area contributed by atoms with Crippen LogP contribution in [-0.4, -0.2) is 25.0 Å². The molecule has 3 aromatic rings. The first-order valence-electron chi connectivity index (χ1n) is 10.4. The molecule has 6 nitrogen and oxygen atoms in total. The minimum atomic E-state index is -0.794. The molecule has 3 aromatic carbocycles. The molecule has 0 aromatic heterocycles. The van der Waals surface area contributed by atoms with E-state index in [0.717, 1.165) is 26.1 Å². The lowest BCUT2D eigenvalue weighted by molar-refractivity contribution is -0.122. The highest BCUT2D eigenvalue weighted by Crippen LogP contribution is 2.33. The second-order valence-electron chi connectivity index (χ2n) is 7.75. The maximum atomic E-state index is 13.2. The third-order valence-electron chi connectivity index (χ3n) is 5.39. The van der Waals surface area contributed by atoms with Crippen LogP contribution in [-0.2, 0) is 16.0 Å². The third kappa shape index (κ3) is 4.76. The van der Waals surface area contributed by atoms with Crippen LogP contribution in [0.3, 0.4) is 0 Å². The average Bonchev–Trinajstić information content (AvgIpc) is 2.79. The number of barbiturate groups is 1. The van der Waals surface area contributed by atoms with Crippen molar-refractivity contribution in [1.82, 2.24) is 5.32 Å². The van der Waals surface area contributed by atoms with Gasteiger partial charge in [-0.15, -0.1) is 0 Å². The highest BCUT2D eigenvalue weighted by molar-refractivity contribution is 9.10. The molecule has 1 saturated heterocycles. The molecular weight excluding hydrogens is 520 g/mol. The molecule has 0 radical (unpaired) electrons. The van der Waals surface area contributed by atoms with Gasteiger partial charge in [0.15, 0.2) is 0 Å². The standard InChI is InChI=1S/C26H20BrClN2O4/c1-15-6-5-8-18(10-15)30-25(32)20(24(31)29-26(30)33)11-16-12-22(28)19(23(13-16)34-2)14-17-7-3-4-9-21(17)27/h3-13H,14H2,1-2H3,(H,29,31,33)/b20-11+. The van der Waals surface area contributed by atoms with Crippen LogP contribution < -0.4 is 15.0 Å². The number of rotatable bonds is 5. The Hall–Kier alpha value is -3.42. The molecule has 1 heterocycles. The van der Waals surface area contributed by atoms with Crippen LogP contribution in [0.15, 0.2) is 70.7 Å². The lowest BCUT2D eigenvalue weighted by Gasteiger charge is -2.26. The summed E-state index contributed by atoms with van der Waals surface area (Å²) in [7, 11) is 1.53. The number of anilines is 1. The van der Waals surface area contributed by atoms with Crippen molar-refractivity contribution < 1.29 is 19.1 Å². The van der Waals surface area contributed by atoms with Crippen molar-refractivity contribution in [1.29, 1.82) is 0 Å². The number of hydrogen-bond acceptors (Lipinski definition) is 4. The summed E-state index contributed by atoms with van der Waals surface area (Å²) in [6.45, 7) is 1.85. The van der Waals surface area contributed by atoms with Gasteiger partial charge in [0.25, 0.3) is 11.8 Å². The van der Waals surface area contributed by atoms with Crippen LogP contribution in [0.5, 0.6) is 5.75 Å². The Labute approximate surface area is 210 Å². The van der Waals surface area contributed by atoms with Gasteiger partial charge in [-0.2, -0.15) is 0 Å². The molecule has 1 aliphatic rings. The summed E-state index contributed by atoms with van der Waals surface area (Å²) >= 11 is 10.1. The number of imide groups is 2. The summed E-state index contributed by atoms with van der Waals surface area (Å²) in [6.07, 6.45) is 1.93.